The molecule has 0 saturated carbocycles. The van der Waals surface area contributed by atoms with Gasteiger partial charge in [0.2, 0.25) is 0 Å². The molecule has 92 valence electrons. The molecule has 2 rings (SSSR count). The predicted molar refractivity (Wildman–Crippen MR) is 72.2 cm³/mol. The average Bonchev–Trinajstić information content (AvgIpc) is 2.51. The number of rotatable bonds is 3. The van der Waals surface area contributed by atoms with E-state index < -0.39 is 0 Å². The van der Waals surface area contributed by atoms with Gasteiger partial charge in [-0.25, -0.2) is 4.98 Å². The second-order valence-corrected chi connectivity index (χ2v) is 5.26. The molecule has 0 unspecified atom stereocenters. The maximum absolute atomic E-state index is 5.94. The molecule has 4 heteroatoms. The molecule has 1 heterocycles. The van der Waals surface area contributed by atoms with Crippen LogP contribution in [0, 0.1) is 6.92 Å². The van der Waals surface area contributed by atoms with E-state index in [1.54, 1.807) is 0 Å². The Morgan fingerprint density at radius 3 is 2.76 bits per heavy atom. The SMILES string of the molecule is Cc1nc2cc(NCC(C)(C)N)ccc2n1C. The first-order valence-electron chi connectivity index (χ1n) is 5.83. The largest absolute Gasteiger partial charge is 0.383 e. The Bertz CT molecular complexity index is 534. The van der Waals surface area contributed by atoms with E-state index in [4.69, 9.17) is 5.73 Å². The van der Waals surface area contributed by atoms with Gasteiger partial charge in [0, 0.05) is 24.8 Å². The highest BCUT2D eigenvalue weighted by Crippen LogP contribution is 2.19. The standard InChI is InChI=1S/C13H20N4/c1-9-16-11-7-10(15-8-13(2,3)14)5-6-12(11)17(9)4/h5-7,15H,8,14H2,1-4H3. The second-order valence-electron chi connectivity index (χ2n) is 5.26. The molecule has 3 N–H and O–H groups in total. The molecule has 4 nitrogen and oxygen atoms in total. The van der Waals surface area contributed by atoms with E-state index in [1.165, 1.54) is 0 Å². The quantitative estimate of drug-likeness (QED) is 0.851. The van der Waals surface area contributed by atoms with Gasteiger partial charge in [-0.3, -0.25) is 0 Å². The van der Waals surface area contributed by atoms with Crippen LogP contribution in [0.5, 0.6) is 0 Å². The fourth-order valence-electron chi connectivity index (χ4n) is 1.76. The summed E-state index contributed by atoms with van der Waals surface area (Å²) in [5, 5.41) is 3.33. The molecule has 17 heavy (non-hydrogen) atoms. The predicted octanol–water partition coefficient (Wildman–Crippen LogP) is 2.03. The Labute approximate surface area is 102 Å². The van der Waals surface area contributed by atoms with Crippen LogP contribution < -0.4 is 11.1 Å². The van der Waals surface area contributed by atoms with Gasteiger partial charge in [-0.2, -0.15) is 0 Å². The molecule has 0 aliphatic carbocycles. The van der Waals surface area contributed by atoms with Crippen LogP contribution in [0.3, 0.4) is 0 Å². The van der Waals surface area contributed by atoms with E-state index in [1.807, 2.05) is 27.8 Å². The molecule has 2 aromatic rings. The monoisotopic (exact) mass is 232 g/mol. The minimum atomic E-state index is -0.213. The third-order valence-electron chi connectivity index (χ3n) is 2.85. The number of fused-ring (bicyclic) bond motifs is 1. The minimum absolute atomic E-state index is 0.213. The maximum atomic E-state index is 5.94. The van der Waals surface area contributed by atoms with Gasteiger partial charge in [0.1, 0.15) is 5.82 Å². The molecule has 1 aromatic carbocycles. The lowest BCUT2D eigenvalue weighted by Crippen LogP contribution is -2.39. The number of hydrogen-bond donors (Lipinski definition) is 2. The van der Waals surface area contributed by atoms with Crippen molar-refractivity contribution < 1.29 is 0 Å². The van der Waals surface area contributed by atoms with Gasteiger partial charge in [0.05, 0.1) is 11.0 Å². The summed E-state index contributed by atoms with van der Waals surface area (Å²) in [7, 11) is 2.03. The van der Waals surface area contributed by atoms with Crippen LogP contribution in [0.4, 0.5) is 5.69 Å². The summed E-state index contributed by atoms with van der Waals surface area (Å²) in [6.45, 7) is 6.76. The lowest BCUT2D eigenvalue weighted by Gasteiger charge is -2.19. The van der Waals surface area contributed by atoms with Crippen molar-refractivity contribution in [1.82, 2.24) is 9.55 Å². The molecular weight excluding hydrogens is 212 g/mol. The van der Waals surface area contributed by atoms with Crippen LogP contribution in [-0.4, -0.2) is 21.6 Å². The zero-order valence-corrected chi connectivity index (χ0v) is 10.9. The molecule has 0 saturated heterocycles. The lowest BCUT2D eigenvalue weighted by atomic mass is 10.1. The maximum Gasteiger partial charge on any atom is 0.106 e. The van der Waals surface area contributed by atoms with Crippen molar-refractivity contribution >= 4 is 16.7 Å². The highest BCUT2D eigenvalue weighted by Gasteiger charge is 2.10. The fraction of sp³-hybridized carbons (Fsp3) is 0.462. The fourth-order valence-corrected chi connectivity index (χ4v) is 1.76. The summed E-state index contributed by atoms with van der Waals surface area (Å²) in [4.78, 5) is 4.51. The van der Waals surface area contributed by atoms with Crippen molar-refractivity contribution in [2.75, 3.05) is 11.9 Å². The zero-order chi connectivity index (χ0) is 12.6. The third kappa shape index (κ3) is 2.58. The Morgan fingerprint density at radius 1 is 1.41 bits per heavy atom. The Kier molecular flexibility index (Phi) is 2.83. The minimum Gasteiger partial charge on any atom is -0.383 e. The van der Waals surface area contributed by atoms with Gasteiger partial charge in [0.15, 0.2) is 0 Å². The molecule has 0 radical (unpaired) electrons. The smallest absolute Gasteiger partial charge is 0.106 e. The molecule has 0 aliphatic heterocycles. The Morgan fingerprint density at radius 2 is 2.12 bits per heavy atom. The van der Waals surface area contributed by atoms with Crippen LogP contribution in [0.1, 0.15) is 19.7 Å². The van der Waals surface area contributed by atoms with E-state index in [0.717, 1.165) is 29.1 Å². The summed E-state index contributed by atoms with van der Waals surface area (Å²) >= 11 is 0. The van der Waals surface area contributed by atoms with Gasteiger partial charge >= 0.3 is 0 Å². The first-order valence-corrected chi connectivity index (χ1v) is 5.83. The molecule has 1 aromatic heterocycles. The number of anilines is 1. The van der Waals surface area contributed by atoms with Crippen molar-refractivity contribution in [3.63, 3.8) is 0 Å². The highest BCUT2D eigenvalue weighted by molar-refractivity contribution is 5.80. The van der Waals surface area contributed by atoms with Crippen molar-refractivity contribution in [2.45, 2.75) is 26.3 Å². The zero-order valence-electron chi connectivity index (χ0n) is 10.9. The first kappa shape index (κ1) is 11.9. The molecule has 0 atom stereocenters. The molecule has 0 bridgehead atoms. The number of nitrogens with one attached hydrogen (secondary N) is 1. The summed E-state index contributed by atoms with van der Waals surface area (Å²) in [5.41, 5.74) is 8.96. The summed E-state index contributed by atoms with van der Waals surface area (Å²) in [6.07, 6.45) is 0. The number of nitrogens with zero attached hydrogens (tertiary/aromatic N) is 2. The van der Waals surface area contributed by atoms with Crippen molar-refractivity contribution in [3.05, 3.63) is 24.0 Å². The van der Waals surface area contributed by atoms with E-state index in [-0.39, 0.29) is 5.54 Å². The number of imidazole rings is 1. The number of hydrogen-bond acceptors (Lipinski definition) is 3. The molecule has 0 spiro atoms. The van der Waals surface area contributed by atoms with Crippen LogP contribution in [-0.2, 0) is 7.05 Å². The van der Waals surface area contributed by atoms with Crippen molar-refractivity contribution in [2.24, 2.45) is 12.8 Å². The highest BCUT2D eigenvalue weighted by atomic mass is 15.1. The second kappa shape index (κ2) is 4.04. The van der Waals surface area contributed by atoms with Gasteiger partial charge in [0.25, 0.3) is 0 Å². The van der Waals surface area contributed by atoms with E-state index in [9.17, 15) is 0 Å². The van der Waals surface area contributed by atoms with Crippen molar-refractivity contribution in [3.8, 4) is 0 Å². The van der Waals surface area contributed by atoms with Crippen LogP contribution in [0.25, 0.3) is 11.0 Å². The first-order chi connectivity index (χ1) is 7.87. The molecule has 0 fully saturated rings. The number of benzene rings is 1. The number of nitrogens with two attached hydrogens (primary N) is 1. The van der Waals surface area contributed by atoms with Gasteiger partial charge < -0.3 is 15.6 Å². The summed E-state index contributed by atoms with van der Waals surface area (Å²) in [5.74, 6) is 1.02. The van der Waals surface area contributed by atoms with Gasteiger partial charge in [-0.1, -0.05) is 0 Å². The van der Waals surface area contributed by atoms with E-state index in [0.29, 0.717) is 0 Å². The number of aromatic nitrogens is 2. The topological polar surface area (TPSA) is 55.9 Å². The Balaban J connectivity index is 2.26. The average molecular weight is 232 g/mol. The van der Waals surface area contributed by atoms with Crippen LogP contribution in [0.15, 0.2) is 18.2 Å². The Hall–Kier alpha value is -1.55. The summed E-state index contributed by atoms with van der Waals surface area (Å²) in [6, 6.07) is 6.21. The van der Waals surface area contributed by atoms with Crippen molar-refractivity contribution in [1.29, 1.82) is 0 Å². The molecule has 0 amide bonds. The number of aryl methyl sites for hydroxylation is 2. The van der Waals surface area contributed by atoms with Gasteiger partial charge in [-0.05, 0) is 39.0 Å². The lowest BCUT2D eigenvalue weighted by molar-refractivity contribution is 0.549. The third-order valence-corrected chi connectivity index (χ3v) is 2.85. The van der Waals surface area contributed by atoms with E-state index in [2.05, 4.69) is 33.1 Å². The molecule has 0 aliphatic rings. The summed E-state index contributed by atoms with van der Waals surface area (Å²) < 4.78 is 2.09. The normalized spacial score (nSPS) is 12.1. The molecular formula is C13H20N4. The van der Waals surface area contributed by atoms with Gasteiger partial charge in [-0.15, -0.1) is 0 Å². The van der Waals surface area contributed by atoms with Crippen LogP contribution in [0.2, 0.25) is 0 Å². The van der Waals surface area contributed by atoms with Crippen LogP contribution >= 0.6 is 0 Å². The van der Waals surface area contributed by atoms with E-state index >= 15 is 0 Å².